The topological polar surface area (TPSA) is 35.2 Å². The molecule has 3 rings (SSSR count). The molecule has 110 valence electrons. The van der Waals surface area contributed by atoms with Gasteiger partial charge in [-0.25, -0.2) is 8.78 Å². The molecule has 4 heteroatoms. The Bertz CT molecular complexity index is 686. The largest absolute Gasteiger partial charge is 0.494 e. The number of methoxy groups -OCH3 is 1. The van der Waals surface area contributed by atoms with E-state index in [0.717, 1.165) is 29.5 Å². The van der Waals surface area contributed by atoms with Gasteiger partial charge in [0.2, 0.25) is 0 Å². The molecule has 0 saturated carbocycles. The first-order valence-corrected chi connectivity index (χ1v) is 6.92. The van der Waals surface area contributed by atoms with E-state index in [2.05, 4.69) is 0 Å². The van der Waals surface area contributed by atoms with E-state index >= 15 is 0 Å². The molecular formula is C17H17F2NO. The number of nitrogens with two attached hydrogens (primary N) is 1. The number of rotatable bonds is 3. The van der Waals surface area contributed by atoms with Gasteiger partial charge in [-0.15, -0.1) is 0 Å². The first-order chi connectivity index (χ1) is 10.0. The zero-order valence-electron chi connectivity index (χ0n) is 11.8. The third-order valence-corrected chi connectivity index (χ3v) is 4.18. The van der Waals surface area contributed by atoms with E-state index in [1.54, 1.807) is 18.2 Å². The van der Waals surface area contributed by atoms with Crippen LogP contribution in [0.4, 0.5) is 8.78 Å². The quantitative estimate of drug-likeness (QED) is 0.940. The van der Waals surface area contributed by atoms with Crippen LogP contribution in [0.25, 0.3) is 0 Å². The maximum absolute atomic E-state index is 13.8. The SMILES string of the molecule is COc1ccc(CC2(N)CCc3cc(F)ccc32)cc1F. The molecule has 0 aliphatic heterocycles. The smallest absolute Gasteiger partial charge is 0.165 e. The summed E-state index contributed by atoms with van der Waals surface area (Å²) in [5.41, 5.74) is 8.65. The van der Waals surface area contributed by atoms with Crippen molar-refractivity contribution in [2.24, 2.45) is 5.73 Å². The normalized spacial score (nSPS) is 20.4. The third kappa shape index (κ3) is 2.51. The lowest BCUT2D eigenvalue weighted by Gasteiger charge is -2.26. The van der Waals surface area contributed by atoms with Crippen molar-refractivity contribution in [2.75, 3.05) is 7.11 Å². The Hall–Kier alpha value is -1.94. The zero-order valence-corrected chi connectivity index (χ0v) is 11.8. The van der Waals surface area contributed by atoms with Crippen molar-refractivity contribution in [3.05, 3.63) is 64.7 Å². The maximum atomic E-state index is 13.8. The number of benzene rings is 2. The van der Waals surface area contributed by atoms with Crippen molar-refractivity contribution in [1.29, 1.82) is 0 Å². The number of aryl methyl sites for hydroxylation is 1. The van der Waals surface area contributed by atoms with Crippen molar-refractivity contribution >= 4 is 0 Å². The monoisotopic (exact) mass is 289 g/mol. The van der Waals surface area contributed by atoms with Crippen LogP contribution in [-0.2, 0) is 18.4 Å². The van der Waals surface area contributed by atoms with Gasteiger partial charge in [0.25, 0.3) is 0 Å². The van der Waals surface area contributed by atoms with E-state index in [-0.39, 0.29) is 11.6 Å². The molecule has 0 aromatic heterocycles. The highest BCUT2D eigenvalue weighted by atomic mass is 19.1. The van der Waals surface area contributed by atoms with Crippen LogP contribution >= 0.6 is 0 Å². The van der Waals surface area contributed by atoms with Crippen LogP contribution in [0.3, 0.4) is 0 Å². The molecule has 2 aromatic rings. The van der Waals surface area contributed by atoms with Gasteiger partial charge in [0.15, 0.2) is 11.6 Å². The highest BCUT2D eigenvalue weighted by Crippen LogP contribution is 2.38. The van der Waals surface area contributed by atoms with E-state index < -0.39 is 11.4 Å². The van der Waals surface area contributed by atoms with E-state index in [4.69, 9.17) is 10.5 Å². The van der Waals surface area contributed by atoms with Crippen LogP contribution in [0, 0.1) is 11.6 Å². The average molecular weight is 289 g/mol. The van der Waals surface area contributed by atoms with Crippen molar-refractivity contribution in [1.82, 2.24) is 0 Å². The van der Waals surface area contributed by atoms with Gasteiger partial charge in [-0.2, -0.15) is 0 Å². The standard InChI is InChI=1S/C17H17F2NO/c1-21-16-5-2-11(8-15(16)19)10-17(20)7-6-12-9-13(18)3-4-14(12)17/h2-5,8-9H,6-7,10,20H2,1H3. The molecule has 0 bridgehead atoms. The molecule has 0 radical (unpaired) electrons. The second-order valence-electron chi connectivity index (χ2n) is 5.60. The Kier molecular flexibility index (Phi) is 3.41. The summed E-state index contributed by atoms with van der Waals surface area (Å²) >= 11 is 0. The molecule has 1 atom stereocenters. The van der Waals surface area contributed by atoms with E-state index in [1.807, 2.05) is 6.07 Å². The lowest BCUT2D eigenvalue weighted by molar-refractivity contribution is 0.384. The van der Waals surface area contributed by atoms with Crippen LogP contribution < -0.4 is 10.5 Å². The number of hydrogen-bond acceptors (Lipinski definition) is 2. The van der Waals surface area contributed by atoms with Gasteiger partial charge in [-0.3, -0.25) is 0 Å². The van der Waals surface area contributed by atoms with Crippen LogP contribution in [0.15, 0.2) is 36.4 Å². The summed E-state index contributed by atoms with van der Waals surface area (Å²) in [6.45, 7) is 0. The summed E-state index contributed by atoms with van der Waals surface area (Å²) in [6, 6.07) is 9.60. The van der Waals surface area contributed by atoms with Gasteiger partial charge in [0.1, 0.15) is 5.82 Å². The number of ether oxygens (including phenoxy) is 1. The number of halogens is 2. The van der Waals surface area contributed by atoms with E-state index in [9.17, 15) is 8.78 Å². The number of hydrogen-bond donors (Lipinski definition) is 1. The molecule has 1 unspecified atom stereocenters. The predicted molar refractivity (Wildman–Crippen MR) is 77.2 cm³/mol. The Labute approximate surface area is 122 Å². The van der Waals surface area contributed by atoms with Crippen LogP contribution in [0.2, 0.25) is 0 Å². The minimum Gasteiger partial charge on any atom is -0.494 e. The second kappa shape index (κ2) is 5.11. The number of fused-ring (bicyclic) bond motifs is 1. The molecule has 21 heavy (non-hydrogen) atoms. The Morgan fingerprint density at radius 3 is 2.71 bits per heavy atom. The average Bonchev–Trinajstić information content (AvgIpc) is 2.76. The Morgan fingerprint density at radius 2 is 2.00 bits per heavy atom. The van der Waals surface area contributed by atoms with Crippen LogP contribution in [-0.4, -0.2) is 7.11 Å². The van der Waals surface area contributed by atoms with Crippen molar-refractivity contribution in [3.8, 4) is 5.75 Å². The van der Waals surface area contributed by atoms with Crippen LogP contribution in [0.5, 0.6) is 5.75 Å². The summed E-state index contributed by atoms with van der Waals surface area (Å²) < 4.78 is 32.0. The van der Waals surface area contributed by atoms with Crippen molar-refractivity contribution < 1.29 is 13.5 Å². The fourth-order valence-corrected chi connectivity index (χ4v) is 3.11. The van der Waals surface area contributed by atoms with Gasteiger partial charge in [0, 0.05) is 5.54 Å². The minimum absolute atomic E-state index is 0.221. The first kappa shape index (κ1) is 14.0. The van der Waals surface area contributed by atoms with Crippen molar-refractivity contribution in [2.45, 2.75) is 24.8 Å². The molecule has 2 N–H and O–H groups in total. The Balaban J connectivity index is 1.90. The molecule has 1 aliphatic carbocycles. The molecule has 0 amide bonds. The molecular weight excluding hydrogens is 272 g/mol. The zero-order chi connectivity index (χ0) is 15.0. The molecule has 0 spiro atoms. The minimum atomic E-state index is -0.565. The highest BCUT2D eigenvalue weighted by Gasteiger charge is 2.35. The van der Waals surface area contributed by atoms with Gasteiger partial charge in [-0.05, 0) is 60.2 Å². The first-order valence-electron chi connectivity index (χ1n) is 6.92. The van der Waals surface area contributed by atoms with Gasteiger partial charge in [0.05, 0.1) is 7.11 Å². The van der Waals surface area contributed by atoms with Gasteiger partial charge < -0.3 is 10.5 Å². The molecule has 2 aromatic carbocycles. The molecule has 2 nitrogen and oxygen atoms in total. The fourth-order valence-electron chi connectivity index (χ4n) is 3.11. The van der Waals surface area contributed by atoms with E-state index in [1.165, 1.54) is 19.2 Å². The lowest BCUT2D eigenvalue weighted by Crippen LogP contribution is -2.36. The molecule has 0 heterocycles. The lowest BCUT2D eigenvalue weighted by atomic mass is 9.86. The maximum Gasteiger partial charge on any atom is 0.165 e. The van der Waals surface area contributed by atoms with Crippen LogP contribution in [0.1, 0.15) is 23.1 Å². The summed E-state index contributed by atoms with van der Waals surface area (Å²) in [7, 11) is 1.43. The predicted octanol–water partition coefficient (Wildman–Crippen LogP) is 3.32. The summed E-state index contributed by atoms with van der Waals surface area (Å²) in [5.74, 6) is -0.414. The molecule has 0 saturated heterocycles. The van der Waals surface area contributed by atoms with Gasteiger partial charge in [-0.1, -0.05) is 12.1 Å². The summed E-state index contributed by atoms with van der Waals surface area (Å²) in [5, 5.41) is 0. The van der Waals surface area contributed by atoms with E-state index in [0.29, 0.717) is 6.42 Å². The van der Waals surface area contributed by atoms with Crippen molar-refractivity contribution in [3.63, 3.8) is 0 Å². The summed E-state index contributed by atoms with van der Waals surface area (Å²) in [6.07, 6.45) is 2.01. The third-order valence-electron chi connectivity index (χ3n) is 4.18. The van der Waals surface area contributed by atoms with Gasteiger partial charge >= 0.3 is 0 Å². The Morgan fingerprint density at radius 1 is 1.19 bits per heavy atom. The fraction of sp³-hybridized carbons (Fsp3) is 0.294. The molecule has 1 aliphatic rings. The summed E-state index contributed by atoms with van der Waals surface area (Å²) in [4.78, 5) is 0. The second-order valence-corrected chi connectivity index (χ2v) is 5.60. The molecule has 0 fully saturated rings. The highest BCUT2D eigenvalue weighted by molar-refractivity contribution is 5.41.